The first-order valence-corrected chi connectivity index (χ1v) is 11.3. The maximum atomic E-state index is 11.7. The summed E-state index contributed by atoms with van der Waals surface area (Å²) in [5.41, 5.74) is 5.80. The number of hydrogen-bond donors (Lipinski definition) is 4. The lowest BCUT2D eigenvalue weighted by Crippen LogP contribution is -2.00. The number of hydrogen-bond acceptors (Lipinski definition) is 9. The number of fused-ring (bicyclic) bond motifs is 1. The number of phenols is 1. The average Bonchev–Trinajstić information content (AvgIpc) is 2.65. The Morgan fingerprint density at radius 3 is 2.23 bits per heavy atom. The van der Waals surface area contributed by atoms with Crippen LogP contribution in [0.2, 0.25) is 0 Å². The summed E-state index contributed by atoms with van der Waals surface area (Å²) in [5, 5.41) is 18.7. The molecule has 0 saturated carbocycles. The molecule has 0 aliphatic rings. The van der Waals surface area contributed by atoms with Crippen LogP contribution < -0.4 is 10.5 Å². The maximum Gasteiger partial charge on any atom is 0.296 e. The molecule has 0 fully saturated rings. The van der Waals surface area contributed by atoms with Gasteiger partial charge in [0, 0.05) is 17.1 Å². The lowest BCUT2D eigenvalue weighted by molar-refractivity contribution is 0.412. The van der Waals surface area contributed by atoms with Crippen molar-refractivity contribution in [1.82, 2.24) is 0 Å². The minimum absolute atomic E-state index is 0.0593. The molecule has 0 spiro atoms. The summed E-state index contributed by atoms with van der Waals surface area (Å²) in [6.07, 6.45) is 0. The van der Waals surface area contributed by atoms with Gasteiger partial charge in [-0.2, -0.15) is 16.8 Å². The monoisotopic (exact) mass is 467 g/mol. The molecular weight excluding hydrogens is 450 g/mol. The Kier molecular flexibility index (Phi) is 5.62. The van der Waals surface area contributed by atoms with Gasteiger partial charge in [0.2, 0.25) is 0 Å². The summed E-state index contributed by atoms with van der Waals surface area (Å²) in [5.74, 6) is -0.265. The van der Waals surface area contributed by atoms with Crippen molar-refractivity contribution in [2.24, 2.45) is 10.2 Å². The van der Waals surface area contributed by atoms with Gasteiger partial charge in [-0.1, -0.05) is 0 Å². The van der Waals surface area contributed by atoms with E-state index in [0.717, 1.165) is 18.2 Å². The van der Waals surface area contributed by atoms with Crippen LogP contribution in [0.15, 0.2) is 56.4 Å². The number of aromatic hydroxyl groups is 1. The SMILES string of the molecule is COc1ccc(N=Nc2c(C)cc3cc(S(=O)(=O)O)cc(N)c3c2O)c(S(=O)(=O)O)c1. The molecule has 0 aromatic heterocycles. The number of azo groups is 1. The first-order valence-electron chi connectivity index (χ1n) is 8.43. The summed E-state index contributed by atoms with van der Waals surface area (Å²) >= 11 is 0. The standard InChI is InChI=1S/C18H17N3O8S2/c1-9-5-10-6-12(30(23,24)25)8-13(19)16(10)18(22)17(9)21-20-14-4-3-11(29-2)7-15(14)31(26,27)28/h3-8,22H,19H2,1-2H3,(H,23,24,25)(H,26,27,28). The van der Waals surface area contributed by atoms with E-state index in [0.29, 0.717) is 5.56 Å². The van der Waals surface area contributed by atoms with Crippen LogP contribution >= 0.6 is 0 Å². The van der Waals surface area contributed by atoms with Crippen molar-refractivity contribution in [2.75, 3.05) is 12.8 Å². The summed E-state index contributed by atoms with van der Waals surface area (Å²) in [6.45, 7) is 1.54. The molecule has 164 valence electrons. The Morgan fingerprint density at radius 1 is 0.968 bits per heavy atom. The molecule has 11 nitrogen and oxygen atoms in total. The van der Waals surface area contributed by atoms with Gasteiger partial charge in [0.05, 0.1) is 12.0 Å². The van der Waals surface area contributed by atoms with E-state index in [9.17, 15) is 31.0 Å². The third-order valence-electron chi connectivity index (χ3n) is 4.38. The Bertz CT molecular complexity index is 1450. The lowest BCUT2D eigenvalue weighted by Gasteiger charge is -2.11. The van der Waals surface area contributed by atoms with Crippen molar-refractivity contribution in [2.45, 2.75) is 16.7 Å². The number of benzene rings is 3. The zero-order chi connectivity index (χ0) is 23.1. The number of methoxy groups -OCH3 is 1. The highest BCUT2D eigenvalue weighted by Gasteiger charge is 2.19. The van der Waals surface area contributed by atoms with Crippen LogP contribution in [-0.2, 0) is 20.2 Å². The van der Waals surface area contributed by atoms with Crippen molar-refractivity contribution in [3.63, 3.8) is 0 Å². The zero-order valence-corrected chi connectivity index (χ0v) is 17.8. The van der Waals surface area contributed by atoms with E-state index in [-0.39, 0.29) is 33.6 Å². The number of nitrogens with zero attached hydrogens (tertiary/aromatic N) is 2. The van der Waals surface area contributed by atoms with Gasteiger partial charge in [-0.3, -0.25) is 9.11 Å². The molecular formula is C18H17N3O8S2. The van der Waals surface area contributed by atoms with Crippen LogP contribution in [0.3, 0.4) is 0 Å². The van der Waals surface area contributed by atoms with E-state index in [2.05, 4.69) is 10.2 Å². The number of aryl methyl sites for hydroxylation is 1. The number of nitrogen functional groups attached to an aromatic ring is 1. The van der Waals surface area contributed by atoms with Gasteiger partial charge in [0.15, 0.2) is 5.75 Å². The highest BCUT2D eigenvalue weighted by molar-refractivity contribution is 7.86. The van der Waals surface area contributed by atoms with Gasteiger partial charge in [0.25, 0.3) is 20.2 Å². The van der Waals surface area contributed by atoms with E-state index < -0.39 is 35.8 Å². The van der Waals surface area contributed by atoms with Crippen LogP contribution in [0.25, 0.3) is 10.8 Å². The highest BCUT2D eigenvalue weighted by atomic mass is 32.2. The minimum Gasteiger partial charge on any atom is -0.505 e. The van der Waals surface area contributed by atoms with Crippen LogP contribution in [0.4, 0.5) is 17.1 Å². The van der Waals surface area contributed by atoms with E-state index in [1.54, 1.807) is 6.92 Å². The maximum absolute atomic E-state index is 11.7. The van der Waals surface area contributed by atoms with Crippen LogP contribution in [0.5, 0.6) is 11.5 Å². The van der Waals surface area contributed by atoms with Crippen LogP contribution in [0, 0.1) is 6.92 Å². The molecule has 0 radical (unpaired) electrons. The third-order valence-corrected chi connectivity index (χ3v) is 6.09. The Balaban J connectivity index is 2.19. The number of phenolic OH excluding ortho intramolecular Hbond substituents is 1. The number of ether oxygens (including phenoxy) is 1. The van der Waals surface area contributed by atoms with Gasteiger partial charge < -0.3 is 15.6 Å². The lowest BCUT2D eigenvalue weighted by atomic mass is 10.0. The van der Waals surface area contributed by atoms with Gasteiger partial charge in [0.1, 0.15) is 22.0 Å². The topological polar surface area (TPSA) is 189 Å². The van der Waals surface area contributed by atoms with Crippen molar-refractivity contribution < 1.29 is 35.8 Å². The average molecular weight is 467 g/mol. The predicted octanol–water partition coefficient (Wildman–Crippen LogP) is 3.35. The summed E-state index contributed by atoms with van der Waals surface area (Å²) in [4.78, 5) is -0.993. The van der Waals surface area contributed by atoms with Gasteiger partial charge in [-0.25, -0.2) is 0 Å². The number of anilines is 1. The molecule has 0 unspecified atom stereocenters. The number of nitrogens with two attached hydrogens (primary N) is 1. The zero-order valence-electron chi connectivity index (χ0n) is 16.1. The molecule has 0 bridgehead atoms. The minimum atomic E-state index is -4.65. The molecule has 0 amide bonds. The van der Waals surface area contributed by atoms with Crippen molar-refractivity contribution in [1.29, 1.82) is 0 Å². The fourth-order valence-corrected chi connectivity index (χ4v) is 4.13. The van der Waals surface area contributed by atoms with E-state index >= 15 is 0 Å². The highest BCUT2D eigenvalue weighted by Crippen LogP contribution is 2.42. The summed E-state index contributed by atoms with van der Waals surface area (Å²) < 4.78 is 69.8. The van der Waals surface area contributed by atoms with E-state index in [1.165, 1.54) is 25.3 Å². The van der Waals surface area contributed by atoms with Crippen LogP contribution in [-0.4, -0.2) is 38.2 Å². The molecule has 3 aromatic rings. The molecule has 0 atom stereocenters. The Labute approximate surface area is 177 Å². The van der Waals surface area contributed by atoms with Gasteiger partial charge in [-0.15, -0.1) is 10.2 Å². The quantitative estimate of drug-likeness (QED) is 0.248. The van der Waals surface area contributed by atoms with Gasteiger partial charge in [-0.05, 0) is 48.2 Å². The molecule has 0 heterocycles. The molecule has 31 heavy (non-hydrogen) atoms. The van der Waals surface area contributed by atoms with Gasteiger partial charge >= 0.3 is 0 Å². The van der Waals surface area contributed by atoms with E-state index in [4.69, 9.17) is 10.5 Å². The molecule has 13 heteroatoms. The summed E-state index contributed by atoms with van der Waals surface area (Å²) in [7, 11) is -7.85. The predicted molar refractivity (Wildman–Crippen MR) is 112 cm³/mol. The van der Waals surface area contributed by atoms with Crippen LogP contribution in [0.1, 0.15) is 5.56 Å². The van der Waals surface area contributed by atoms with E-state index in [1.807, 2.05) is 0 Å². The second-order valence-corrected chi connectivity index (χ2v) is 9.30. The first kappa shape index (κ1) is 22.4. The first-order chi connectivity index (χ1) is 14.3. The molecule has 5 N–H and O–H groups in total. The molecule has 0 saturated heterocycles. The number of rotatable bonds is 5. The second kappa shape index (κ2) is 7.77. The Morgan fingerprint density at radius 2 is 1.65 bits per heavy atom. The molecule has 0 aliphatic carbocycles. The molecule has 3 aromatic carbocycles. The molecule has 0 aliphatic heterocycles. The summed E-state index contributed by atoms with van der Waals surface area (Å²) in [6, 6.07) is 7.30. The Hall–Kier alpha value is -3.26. The fraction of sp³-hybridized carbons (Fsp3) is 0.111. The third kappa shape index (κ3) is 4.44. The van der Waals surface area contributed by atoms with Crippen molar-refractivity contribution >= 4 is 48.1 Å². The molecule has 3 rings (SSSR count). The van der Waals surface area contributed by atoms with Crippen molar-refractivity contribution in [3.8, 4) is 11.5 Å². The normalized spacial score (nSPS) is 12.5. The smallest absolute Gasteiger partial charge is 0.296 e. The largest absolute Gasteiger partial charge is 0.505 e. The second-order valence-electron chi connectivity index (χ2n) is 6.49. The fourth-order valence-electron chi connectivity index (χ4n) is 2.94. The van der Waals surface area contributed by atoms with Crippen molar-refractivity contribution in [3.05, 3.63) is 42.0 Å².